The number of hydrogen-bond acceptors (Lipinski definition) is 5. The lowest BCUT2D eigenvalue weighted by Gasteiger charge is -2.22. The molecule has 0 aliphatic carbocycles. The van der Waals surface area contributed by atoms with E-state index >= 15 is 0 Å². The van der Waals surface area contributed by atoms with Crippen LogP contribution in [0.4, 0.5) is 5.82 Å². The second-order valence-electron chi connectivity index (χ2n) is 4.17. The van der Waals surface area contributed by atoms with Gasteiger partial charge in [0.25, 0.3) is 0 Å². The number of aromatic nitrogens is 1. The third kappa shape index (κ3) is 2.47. The summed E-state index contributed by atoms with van der Waals surface area (Å²) in [6.45, 7) is 1.07. The minimum absolute atomic E-state index is 0.0822. The van der Waals surface area contributed by atoms with Gasteiger partial charge in [0, 0.05) is 33.0 Å². The van der Waals surface area contributed by atoms with Crippen LogP contribution >= 0.6 is 0 Å². The number of nitrogens with zero attached hydrogens (tertiary/aromatic N) is 2. The summed E-state index contributed by atoms with van der Waals surface area (Å²) in [4.78, 5) is 4.26. The van der Waals surface area contributed by atoms with Crippen molar-refractivity contribution in [3.8, 4) is 0 Å². The van der Waals surface area contributed by atoms with Crippen LogP contribution in [-0.2, 0) is 14.8 Å². The van der Waals surface area contributed by atoms with Crippen LogP contribution in [0.1, 0.15) is 6.42 Å². The molecule has 7 heteroatoms. The van der Waals surface area contributed by atoms with Crippen molar-refractivity contribution in [2.75, 3.05) is 32.6 Å². The van der Waals surface area contributed by atoms with Gasteiger partial charge in [0.15, 0.2) is 0 Å². The van der Waals surface area contributed by atoms with Gasteiger partial charge in [0.05, 0.1) is 17.5 Å². The van der Waals surface area contributed by atoms with E-state index in [1.54, 1.807) is 14.1 Å². The van der Waals surface area contributed by atoms with Gasteiger partial charge in [0.1, 0.15) is 5.82 Å². The number of pyridine rings is 1. The maximum absolute atomic E-state index is 12.4. The van der Waals surface area contributed by atoms with Crippen LogP contribution < -0.4 is 5.32 Å². The average Bonchev–Trinajstić information content (AvgIpc) is 2.91. The highest BCUT2D eigenvalue weighted by atomic mass is 32.2. The first-order valence-electron chi connectivity index (χ1n) is 5.75. The Morgan fingerprint density at radius 2 is 2.33 bits per heavy atom. The first-order chi connectivity index (χ1) is 8.55. The van der Waals surface area contributed by atoms with E-state index < -0.39 is 10.0 Å². The Morgan fingerprint density at radius 3 is 2.94 bits per heavy atom. The highest BCUT2D eigenvalue weighted by Gasteiger charge is 2.30. The molecule has 1 fully saturated rings. The van der Waals surface area contributed by atoms with Crippen molar-refractivity contribution in [1.29, 1.82) is 0 Å². The molecule has 1 N–H and O–H groups in total. The van der Waals surface area contributed by atoms with Gasteiger partial charge in [-0.2, -0.15) is 4.31 Å². The van der Waals surface area contributed by atoms with E-state index in [9.17, 15) is 8.42 Å². The lowest BCUT2D eigenvalue weighted by molar-refractivity contribution is 0.181. The second kappa shape index (κ2) is 5.21. The Bertz CT molecular complexity index is 512. The number of rotatable bonds is 4. The number of sulfonamides is 1. The first kappa shape index (κ1) is 13.3. The summed E-state index contributed by atoms with van der Waals surface area (Å²) in [7, 11) is -0.189. The smallest absolute Gasteiger partial charge is 0.243 e. The molecule has 6 nitrogen and oxygen atoms in total. The van der Waals surface area contributed by atoms with Crippen molar-refractivity contribution < 1.29 is 13.2 Å². The molecule has 1 aliphatic rings. The van der Waals surface area contributed by atoms with Crippen LogP contribution in [0.25, 0.3) is 0 Å². The van der Waals surface area contributed by atoms with Gasteiger partial charge in [-0.3, -0.25) is 0 Å². The fourth-order valence-corrected chi connectivity index (χ4v) is 3.26. The lowest BCUT2D eigenvalue weighted by atomic mass is 10.3. The molecule has 1 unspecified atom stereocenters. The fraction of sp³-hybridized carbons (Fsp3) is 0.545. The Morgan fingerprint density at radius 1 is 1.56 bits per heavy atom. The number of ether oxygens (including phenoxy) is 1. The van der Waals surface area contributed by atoms with Crippen molar-refractivity contribution in [3.05, 3.63) is 18.3 Å². The SMILES string of the molecule is CNc1cc(S(=O)(=O)N(C)C2CCOC2)ccn1. The van der Waals surface area contributed by atoms with Gasteiger partial charge >= 0.3 is 0 Å². The highest BCUT2D eigenvalue weighted by Crippen LogP contribution is 2.21. The molecule has 0 aromatic carbocycles. The van der Waals surface area contributed by atoms with Crippen LogP contribution in [0, 0.1) is 0 Å². The Labute approximate surface area is 107 Å². The number of anilines is 1. The summed E-state index contributed by atoms with van der Waals surface area (Å²) >= 11 is 0. The van der Waals surface area contributed by atoms with E-state index in [2.05, 4.69) is 10.3 Å². The van der Waals surface area contributed by atoms with E-state index in [0.717, 1.165) is 6.42 Å². The Hall–Kier alpha value is -1.18. The number of nitrogens with one attached hydrogen (secondary N) is 1. The van der Waals surface area contributed by atoms with Gasteiger partial charge in [-0.1, -0.05) is 0 Å². The van der Waals surface area contributed by atoms with Gasteiger partial charge in [-0.05, 0) is 12.5 Å². The number of hydrogen-bond donors (Lipinski definition) is 1. The lowest BCUT2D eigenvalue weighted by Crippen LogP contribution is -2.37. The van der Waals surface area contributed by atoms with Crippen molar-refractivity contribution in [3.63, 3.8) is 0 Å². The third-order valence-electron chi connectivity index (χ3n) is 3.08. The maximum Gasteiger partial charge on any atom is 0.243 e. The highest BCUT2D eigenvalue weighted by molar-refractivity contribution is 7.89. The molecule has 100 valence electrons. The summed E-state index contributed by atoms with van der Waals surface area (Å²) in [6.07, 6.45) is 2.22. The predicted molar refractivity (Wildman–Crippen MR) is 68.0 cm³/mol. The van der Waals surface area contributed by atoms with Crippen molar-refractivity contribution in [2.45, 2.75) is 17.4 Å². The van der Waals surface area contributed by atoms with Gasteiger partial charge in [0.2, 0.25) is 10.0 Å². The van der Waals surface area contributed by atoms with Crippen molar-refractivity contribution in [2.24, 2.45) is 0 Å². The zero-order valence-electron chi connectivity index (χ0n) is 10.5. The van der Waals surface area contributed by atoms with Crippen molar-refractivity contribution in [1.82, 2.24) is 9.29 Å². The molecule has 1 saturated heterocycles. The van der Waals surface area contributed by atoms with Gasteiger partial charge in [-0.25, -0.2) is 13.4 Å². The average molecular weight is 271 g/mol. The van der Waals surface area contributed by atoms with Crippen molar-refractivity contribution >= 4 is 15.8 Å². The molecule has 0 bridgehead atoms. The minimum atomic E-state index is -3.48. The Balaban J connectivity index is 2.28. The first-order valence-corrected chi connectivity index (χ1v) is 7.19. The molecule has 1 aliphatic heterocycles. The minimum Gasteiger partial charge on any atom is -0.380 e. The van der Waals surface area contributed by atoms with E-state index in [1.807, 2.05) is 0 Å². The molecule has 0 amide bonds. The van der Waals surface area contributed by atoms with E-state index in [-0.39, 0.29) is 10.9 Å². The van der Waals surface area contributed by atoms with Gasteiger partial charge < -0.3 is 10.1 Å². The molecule has 1 atom stereocenters. The van der Waals surface area contributed by atoms with Gasteiger partial charge in [-0.15, -0.1) is 0 Å². The summed E-state index contributed by atoms with van der Waals surface area (Å²) in [6, 6.07) is 2.95. The molecular weight excluding hydrogens is 254 g/mol. The monoisotopic (exact) mass is 271 g/mol. The summed E-state index contributed by atoms with van der Waals surface area (Å²) in [5.41, 5.74) is 0. The summed E-state index contributed by atoms with van der Waals surface area (Å²) in [5, 5.41) is 2.83. The van der Waals surface area contributed by atoms with E-state index in [1.165, 1.54) is 22.6 Å². The predicted octanol–water partition coefficient (Wildman–Crippen LogP) is 0.533. The van der Waals surface area contributed by atoms with Crippen LogP contribution in [0.5, 0.6) is 0 Å². The van der Waals surface area contributed by atoms with E-state index in [0.29, 0.717) is 19.0 Å². The van der Waals surface area contributed by atoms with Crippen LogP contribution in [-0.4, -0.2) is 51.1 Å². The fourth-order valence-electron chi connectivity index (χ4n) is 1.88. The van der Waals surface area contributed by atoms with Crippen LogP contribution in [0.2, 0.25) is 0 Å². The quantitative estimate of drug-likeness (QED) is 0.865. The maximum atomic E-state index is 12.4. The zero-order valence-corrected chi connectivity index (χ0v) is 11.3. The molecule has 0 spiro atoms. The molecule has 0 radical (unpaired) electrons. The molecule has 0 saturated carbocycles. The third-order valence-corrected chi connectivity index (χ3v) is 4.99. The largest absolute Gasteiger partial charge is 0.380 e. The Kier molecular flexibility index (Phi) is 3.84. The molecule has 2 heterocycles. The van der Waals surface area contributed by atoms with Crippen LogP contribution in [0.15, 0.2) is 23.2 Å². The standard InChI is InChI=1S/C11H17N3O3S/c1-12-11-7-10(3-5-13-11)18(15,16)14(2)9-4-6-17-8-9/h3,5,7,9H,4,6,8H2,1-2H3,(H,12,13). The molecular formula is C11H17N3O3S. The normalized spacial score (nSPS) is 20.3. The molecule has 18 heavy (non-hydrogen) atoms. The molecule has 1 aromatic rings. The van der Waals surface area contributed by atoms with Crippen LogP contribution in [0.3, 0.4) is 0 Å². The second-order valence-corrected chi connectivity index (χ2v) is 6.16. The molecule has 2 rings (SSSR count). The van der Waals surface area contributed by atoms with E-state index in [4.69, 9.17) is 4.74 Å². The number of likely N-dealkylation sites (N-methyl/N-ethyl adjacent to an activating group) is 1. The summed E-state index contributed by atoms with van der Waals surface area (Å²) < 4.78 is 31.4. The topological polar surface area (TPSA) is 71.5 Å². The summed E-state index contributed by atoms with van der Waals surface area (Å²) in [5.74, 6) is 0.534. The molecule has 1 aromatic heterocycles. The zero-order chi connectivity index (χ0) is 13.2.